The molecule has 1 atom stereocenters. The first-order valence-electron chi connectivity index (χ1n) is 15.5. The van der Waals surface area contributed by atoms with Crippen molar-refractivity contribution in [3.63, 3.8) is 0 Å². The predicted octanol–water partition coefficient (Wildman–Crippen LogP) is 9.05. The van der Waals surface area contributed by atoms with Gasteiger partial charge >= 0.3 is 18.4 Å². The molecule has 0 radical (unpaired) electrons. The quantitative estimate of drug-likeness (QED) is 0.239. The number of benzene rings is 2. The Bertz CT molecular complexity index is 1320. The van der Waals surface area contributed by atoms with Gasteiger partial charge in [0, 0.05) is 12.6 Å². The zero-order chi connectivity index (χ0) is 34.9. The van der Waals surface area contributed by atoms with Crippen molar-refractivity contribution in [2.75, 3.05) is 6.54 Å². The highest BCUT2D eigenvalue weighted by atomic mass is 19.4. The van der Waals surface area contributed by atoms with Crippen LogP contribution in [0.15, 0.2) is 48.5 Å². The summed E-state index contributed by atoms with van der Waals surface area (Å²) in [5, 5.41) is 6.64. The van der Waals surface area contributed by atoms with E-state index >= 15 is 0 Å². The molecule has 3 rings (SSSR count). The lowest BCUT2D eigenvalue weighted by Crippen LogP contribution is -2.61. The maximum Gasteiger partial charge on any atom is 0.425 e. The Balaban J connectivity index is 1.94. The van der Waals surface area contributed by atoms with Crippen molar-refractivity contribution in [1.82, 2.24) is 15.3 Å². The summed E-state index contributed by atoms with van der Waals surface area (Å²) in [5.74, 6) is -2.00. The predicted molar refractivity (Wildman–Crippen MR) is 164 cm³/mol. The third-order valence-corrected chi connectivity index (χ3v) is 8.21. The highest BCUT2D eigenvalue weighted by Gasteiger charge is 2.45. The molecule has 12 heteroatoms. The van der Waals surface area contributed by atoms with Crippen LogP contribution in [0.2, 0.25) is 0 Å². The van der Waals surface area contributed by atoms with E-state index in [1.807, 2.05) is 63.0 Å². The Morgan fingerprint density at radius 3 is 1.80 bits per heavy atom. The Morgan fingerprint density at radius 1 is 0.891 bits per heavy atom. The molecule has 2 amide bonds. The molecule has 6 nitrogen and oxygen atoms in total. The highest BCUT2D eigenvalue weighted by Crippen LogP contribution is 2.42. The molecular formula is C34H45F6N3O3. The summed E-state index contributed by atoms with van der Waals surface area (Å²) < 4.78 is 87.0. The van der Waals surface area contributed by atoms with Crippen molar-refractivity contribution in [3.8, 4) is 0 Å². The van der Waals surface area contributed by atoms with E-state index < -0.39 is 58.1 Å². The van der Waals surface area contributed by atoms with Gasteiger partial charge < -0.3 is 10.1 Å². The number of carbonyl (C=O) groups is 2. The van der Waals surface area contributed by atoms with Crippen LogP contribution < -0.4 is 5.32 Å². The number of amides is 2. The van der Waals surface area contributed by atoms with Crippen LogP contribution in [0, 0.1) is 0 Å². The number of carbonyl (C=O) groups excluding carboxylic acids is 2. The first-order valence-corrected chi connectivity index (χ1v) is 15.5. The first kappa shape index (κ1) is 37.2. The van der Waals surface area contributed by atoms with E-state index in [4.69, 9.17) is 4.74 Å². The molecule has 2 aromatic rings. The number of alkyl halides is 6. The molecule has 256 valence electrons. The van der Waals surface area contributed by atoms with E-state index in [0.29, 0.717) is 44.4 Å². The minimum atomic E-state index is -5.03. The van der Waals surface area contributed by atoms with Gasteiger partial charge in [0.15, 0.2) is 0 Å². The van der Waals surface area contributed by atoms with Gasteiger partial charge in [-0.1, -0.05) is 37.3 Å². The lowest BCUT2D eigenvalue weighted by molar-refractivity contribution is -0.143. The van der Waals surface area contributed by atoms with Crippen molar-refractivity contribution in [3.05, 3.63) is 70.8 Å². The SMILES string of the molecule is CCN([C@H]1CC[C@@](NC(=O)C(C)c2cc(C(F)(F)F)cc(C(F)(F)F)c2)(c2ccccc2)CC1)N(C(=O)OC(C)(C)C)C(C)(C)C. The minimum Gasteiger partial charge on any atom is -0.443 e. The number of halogens is 6. The minimum absolute atomic E-state index is 0.0541. The van der Waals surface area contributed by atoms with E-state index in [9.17, 15) is 35.9 Å². The largest absolute Gasteiger partial charge is 0.443 e. The average Bonchev–Trinajstić information content (AvgIpc) is 2.93. The van der Waals surface area contributed by atoms with E-state index in [0.717, 1.165) is 5.56 Å². The molecular weight excluding hydrogens is 612 g/mol. The second-order valence-corrected chi connectivity index (χ2v) is 13.9. The van der Waals surface area contributed by atoms with Crippen molar-refractivity contribution in [1.29, 1.82) is 0 Å². The molecule has 1 saturated carbocycles. The topological polar surface area (TPSA) is 61.9 Å². The van der Waals surface area contributed by atoms with Gasteiger partial charge in [-0.25, -0.2) is 14.8 Å². The molecule has 1 N–H and O–H groups in total. The lowest BCUT2D eigenvalue weighted by atomic mass is 9.74. The van der Waals surface area contributed by atoms with Gasteiger partial charge in [-0.3, -0.25) is 4.79 Å². The number of nitrogens with zero attached hydrogens (tertiary/aromatic N) is 2. The molecule has 1 unspecified atom stereocenters. The van der Waals surface area contributed by atoms with E-state index in [-0.39, 0.29) is 17.7 Å². The van der Waals surface area contributed by atoms with Gasteiger partial charge in [0.05, 0.1) is 28.1 Å². The number of hydrazine groups is 1. The second kappa shape index (κ2) is 13.4. The van der Waals surface area contributed by atoms with Crippen LogP contribution >= 0.6 is 0 Å². The van der Waals surface area contributed by atoms with Gasteiger partial charge in [-0.2, -0.15) is 26.3 Å². The van der Waals surface area contributed by atoms with E-state index in [2.05, 4.69) is 5.32 Å². The van der Waals surface area contributed by atoms with E-state index in [1.165, 1.54) is 6.92 Å². The molecule has 0 aliphatic heterocycles. The summed E-state index contributed by atoms with van der Waals surface area (Å²) in [6.07, 6.45) is -8.63. The Morgan fingerprint density at radius 2 is 1.39 bits per heavy atom. The molecule has 1 aliphatic rings. The maximum absolute atomic E-state index is 13.7. The zero-order valence-corrected chi connectivity index (χ0v) is 27.7. The van der Waals surface area contributed by atoms with Gasteiger partial charge in [0.25, 0.3) is 0 Å². The van der Waals surface area contributed by atoms with Crippen LogP contribution in [0.3, 0.4) is 0 Å². The number of hydrogen-bond donors (Lipinski definition) is 1. The van der Waals surface area contributed by atoms with Crippen LogP contribution in [-0.2, 0) is 27.4 Å². The molecule has 0 saturated heterocycles. The van der Waals surface area contributed by atoms with Crippen LogP contribution in [0.5, 0.6) is 0 Å². The standard InChI is InChI=1S/C34H45F6N3O3/c1-9-42(43(30(3,4)5)29(45)46-31(6,7)8)27-15-17-32(18-16-27,24-13-11-10-12-14-24)41-28(44)22(2)23-19-25(33(35,36)37)21-26(20-23)34(38,39)40/h10-14,19-22,27H,9,15-18H2,1-8H3,(H,41,44)/t22?,27-,32-. The number of nitrogens with one attached hydrogen (secondary N) is 1. The van der Waals surface area contributed by atoms with Gasteiger partial charge in [0.1, 0.15) is 5.60 Å². The molecule has 0 spiro atoms. The fourth-order valence-electron chi connectivity index (χ4n) is 5.99. The average molecular weight is 658 g/mol. The fraction of sp³-hybridized carbons (Fsp3) is 0.588. The van der Waals surface area contributed by atoms with Crippen LogP contribution in [0.4, 0.5) is 31.1 Å². The van der Waals surface area contributed by atoms with Gasteiger partial charge in [0.2, 0.25) is 5.91 Å². The summed E-state index contributed by atoms with van der Waals surface area (Å²) in [4.78, 5) is 27.1. The summed E-state index contributed by atoms with van der Waals surface area (Å²) in [6.45, 7) is 14.9. The Kier molecular flexibility index (Phi) is 10.9. The van der Waals surface area contributed by atoms with Crippen molar-refractivity contribution in [2.45, 2.75) is 122 Å². The summed E-state index contributed by atoms with van der Waals surface area (Å²) in [5.41, 5.74) is -4.81. The third-order valence-electron chi connectivity index (χ3n) is 8.21. The van der Waals surface area contributed by atoms with E-state index in [1.54, 1.807) is 25.8 Å². The Hall–Kier alpha value is -3.28. The summed E-state index contributed by atoms with van der Waals surface area (Å²) in [7, 11) is 0. The van der Waals surface area contributed by atoms with Crippen LogP contribution in [0.25, 0.3) is 0 Å². The molecule has 1 aliphatic carbocycles. The highest BCUT2D eigenvalue weighted by molar-refractivity contribution is 5.84. The fourth-order valence-corrected chi connectivity index (χ4v) is 5.99. The molecule has 0 aromatic heterocycles. The normalized spacial score (nSPS) is 20.3. The van der Waals surface area contributed by atoms with Gasteiger partial charge in [-0.15, -0.1) is 0 Å². The Labute approximate surface area is 267 Å². The lowest BCUT2D eigenvalue weighted by Gasteiger charge is -2.50. The summed E-state index contributed by atoms with van der Waals surface area (Å²) >= 11 is 0. The third kappa shape index (κ3) is 8.95. The first-order chi connectivity index (χ1) is 21.0. The monoisotopic (exact) mass is 657 g/mol. The molecule has 0 heterocycles. The van der Waals surface area contributed by atoms with Crippen molar-refractivity contribution < 1.29 is 40.7 Å². The number of rotatable bonds is 7. The second-order valence-electron chi connectivity index (χ2n) is 13.9. The molecule has 0 bridgehead atoms. The zero-order valence-electron chi connectivity index (χ0n) is 27.7. The van der Waals surface area contributed by atoms with Crippen molar-refractivity contribution in [2.24, 2.45) is 0 Å². The number of ether oxygens (including phenoxy) is 1. The van der Waals surface area contributed by atoms with Crippen LogP contribution in [-0.4, -0.2) is 45.7 Å². The van der Waals surface area contributed by atoms with Crippen molar-refractivity contribution >= 4 is 12.0 Å². The molecule has 2 aromatic carbocycles. The van der Waals surface area contributed by atoms with Gasteiger partial charge in [-0.05, 0) is 103 Å². The summed E-state index contributed by atoms with van der Waals surface area (Å²) in [6, 6.07) is 10.3. The number of hydrogen-bond acceptors (Lipinski definition) is 4. The van der Waals surface area contributed by atoms with Crippen LogP contribution in [0.1, 0.15) is 109 Å². The molecule has 46 heavy (non-hydrogen) atoms. The smallest absolute Gasteiger partial charge is 0.425 e. The molecule has 1 fully saturated rings. The maximum atomic E-state index is 13.7.